The monoisotopic (exact) mass is 297 g/mol. The third-order valence-corrected chi connectivity index (χ3v) is 3.07. The zero-order chi connectivity index (χ0) is 13.8. The summed E-state index contributed by atoms with van der Waals surface area (Å²) in [5, 5.41) is 4.07. The fourth-order valence-electron chi connectivity index (χ4n) is 1.60. The van der Waals surface area contributed by atoms with Gasteiger partial charge in [0.05, 0.1) is 22.8 Å². The van der Waals surface area contributed by atoms with E-state index in [1.807, 2.05) is 13.0 Å². The van der Waals surface area contributed by atoms with Crippen LogP contribution in [-0.4, -0.2) is 23.6 Å². The van der Waals surface area contributed by atoms with Gasteiger partial charge in [-0.3, -0.25) is 0 Å². The molecular weight excluding hydrogens is 285 g/mol. The van der Waals surface area contributed by atoms with E-state index in [1.54, 1.807) is 25.4 Å². The number of hydrogen-bond acceptors (Lipinski definition) is 4. The van der Waals surface area contributed by atoms with Crippen molar-refractivity contribution in [2.24, 2.45) is 0 Å². The number of aromatic nitrogens is 2. The molecule has 6 heteroatoms. The molecule has 0 atom stereocenters. The SMILES string of the molecule is CCNc1nc(-c2ccc(OC)nc2)c(Cl)cc1Cl. The zero-order valence-electron chi connectivity index (χ0n) is 10.6. The highest BCUT2D eigenvalue weighted by Crippen LogP contribution is 2.32. The van der Waals surface area contributed by atoms with Gasteiger partial charge >= 0.3 is 0 Å². The van der Waals surface area contributed by atoms with Crippen LogP contribution in [0, 0.1) is 0 Å². The predicted molar refractivity (Wildman–Crippen MR) is 78.2 cm³/mol. The first kappa shape index (κ1) is 13.9. The lowest BCUT2D eigenvalue weighted by atomic mass is 10.2. The Balaban J connectivity index is 2.45. The van der Waals surface area contributed by atoms with Gasteiger partial charge in [-0.05, 0) is 19.1 Å². The Morgan fingerprint density at radius 1 is 1.26 bits per heavy atom. The van der Waals surface area contributed by atoms with Gasteiger partial charge in [-0.1, -0.05) is 23.2 Å². The summed E-state index contributed by atoms with van der Waals surface area (Å²) < 4.78 is 5.02. The lowest BCUT2D eigenvalue weighted by Crippen LogP contribution is -2.01. The highest BCUT2D eigenvalue weighted by Gasteiger charge is 2.11. The Morgan fingerprint density at radius 2 is 2.05 bits per heavy atom. The van der Waals surface area contributed by atoms with Gasteiger partial charge in [0.15, 0.2) is 0 Å². The van der Waals surface area contributed by atoms with E-state index in [1.165, 1.54) is 0 Å². The maximum Gasteiger partial charge on any atom is 0.212 e. The van der Waals surface area contributed by atoms with Crippen molar-refractivity contribution in [2.45, 2.75) is 6.92 Å². The molecular formula is C13H13Cl2N3O. The fourth-order valence-corrected chi connectivity index (χ4v) is 2.14. The number of nitrogens with one attached hydrogen (secondary N) is 1. The Hall–Kier alpha value is -1.52. The van der Waals surface area contributed by atoms with Crippen LogP contribution in [-0.2, 0) is 0 Å². The molecule has 1 N–H and O–H groups in total. The standard InChI is InChI=1S/C13H13Cl2N3O/c1-3-16-13-10(15)6-9(14)12(18-13)8-4-5-11(19-2)17-7-8/h4-7H,3H2,1-2H3,(H,16,18). The van der Waals surface area contributed by atoms with E-state index in [2.05, 4.69) is 15.3 Å². The van der Waals surface area contributed by atoms with Crippen LogP contribution >= 0.6 is 23.2 Å². The maximum absolute atomic E-state index is 6.18. The van der Waals surface area contributed by atoms with Gasteiger partial charge in [0.2, 0.25) is 5.88 Å². The Kier molecular flexibility index (Phi) is 4.45. The number of anilines is 1. The van der Waals surface area contributed by atoms with Gasteiger partial charge in [0.25, 0.3) is 0 Å². The molecule has 0 saturated heterocycles. The number of ether oxygens (including phenoxy) is 1. The first-order chi connectivity index (χ1) is 9.15. The second kappa shape index (κ2) is 6.08. The summed E-state index contributed by atoms with van der Waals surface area (Å²) in [5.74, 6) is 1.15. The van der Waals surface area contributed by atoms with Crippen LogP contribution in [0.25, 0.3) is 11.3 Å². The molecule has 0 saturated carbocycles. The van der Waals surface area contributed by atoms with Crippen LogP contribution in [0.4, 0.5) is 5.82 Å². The van der Waals surface area contributed by atoms with Gasteiger partial charge in [0, 0.05) is 24.4 Å². The van der Waals surface area contributed by atoms with Crippen LogP contribution in [0.2, 0.25) is 10.0 Å². The van der Waals surface area contributed by atoms with E-state index < -0.39 is 0 Å². The van der Waals surface area contributed by atoms with E-state index in [0.29, 0.717) is 27.4 Å². The molecule has 0 aliphatic heterocycles. The lowest BCUT2D eigenvalue weighted by Gasteiger charge is -2.10. The molecule has 4 nitrogen and oxygen atoms in total. The third-order valence-electron chi connectivity index (χ3n) is 2.49. The largest absolute Gasteiger partial charge is 0.481 e. The number of hydrogen-bond donors (Lipinski definition) is 1. The van der Waals surface area contributed by atoms with Crippen LogP contribution in [0.5, 0.6) is 5.88 Å². The minimum absolute atomic E-state index is 0.485. The number of nitrogens with zero attached hydrogens (tertiary/aromatic N) is 2. The van der Waals surface area contributed by atoms with Crippen LogP contribution < -0.4 is 10.1 Å². The highest BCUT2D eigenvalue weighted by molar-refractivity contribution is 6.37. The number of halogens is 2. The Morgan fingerprint density at radius 3 is 2.63 bits per heavy atom. The second-order valence-corrected chi connectivity index (χ2v) is 4.58. The van der Waals surface area contributed by atoms with Crippen molar-refractivity contribution >= 4 is 29.0 Å². The summed E-state index contributed by atoms with van der Waals surface area (Å²) in [6, 6.07) is 5.28. The molecule has 2 aromatic heterocycles. The third kappa shape index (κ3) is 3.08. The first-order valence-electron chi connectivity index (χ1n) is 5.76. The molecule has 0 radical (unpaired) electrons. The molecule has 0 spiro atoms. The summed E-state index contributed by atoms with van der Waals surface area (Å²) >= 11 is 12.2. The fraction of sp³-hybridized carbons (Fsp3) is 0.231. The predicted octanol–water partition coefficient (Wildman–Crippen LogP) is 3.89. The van der Waals surface area contributed by atoms with Crippen molar-refractivity contribution in [1.82, 2.24) is 9.97 Å². The molecule has 100 valence electrons. The summed E-state index contributed by atoms with van der Waals surface area (Å²) in [6.07, 6.45) is 1.66. The minimum Gasteiger partial charge on any atom is -0.481 e. The smallest absolute Gasteiger partial charge is 0.212 e. The molecule has 0 aromatic carbocycles. The summed E-state index contributed by atoms with van der Waals surface area (Å²) in [6.45, 7) is 2.70. The Bertz CT molecular complexity index is 573. The number of rotatable bonds is 4. The number of pyridine rings is 2. The minimum atomic E-state index is 0.485. The van der Waals surface area contributed by atoms with Gasteiger partial charge in [-0.2, -0.15) is 0 Å². The molecule has 19 heavy (non-hydrogen) atoms. The number of methoxy groups -OCH3 is 1. The van der Waals surface area contributed by atoms with Crippen molar-refractivity contribution in [3.63, 3.8) is 0 Å². The van der Waals surface area contributed by atoms with Crippen LogP contribution in [0.3, 0.4) is 0 Å². The van der Waals surface area contributed by atoms with E-state index in [-0.39, 0.29) is 0 Å². The van der Waals surface area contributed by atoms with Crippen LogP contribution in [0.1, 0.15) is 6.92 Å². The van der Waals surface area contributed by atoms with Gasteiger partial charge in [-0.15, -0.1) is 0 Å². The highest BCUT2D eigenvalue weighted by atomic mass is 35.5. The second-order valence-electron chi connectivity index (χ2n) is 3.77. The molecule has 0 aliphatic carbocycles. The van der Waals surface area contributed by atoms with Gasteiger partial charge in [-0.25, -0.2) is 9.97 Å². The first-order valence-corrected chi connectivity index (χ1v) is 6.51. The molecule has 0 unspecified atom stereocenters. The normalized spacial score (nSPS) is 10.3. The van der Waals surface area contributed by atoms with Crippen LogP contribution in [0.15, 0.2) is 24.4 Å². The quantitative estimate of drug-likeness (QED) is 0.930. The molecule has 2 aromatic rings. The van der Waals surface area contributed by atoms with E-state index in [9.17, 15) is 0 Å². The Labute approximate surface area is 121 Å². The van der Waals surface area contributed by atoms with E-state index >= 15 is 0 Å². The molecule has 0 bridgehead atoms. The summed E-state index contributed by atoms with van der Waals surface area (Å²) in [4.78, 5) is 8.57. The van der Waals surface area contributed by atoms with E-state index in [4.69, 9.17) is 27.9 Å². The molecule has 0 amide bonds. The average molecular weight is 298 g/mol. The summed E-state index contributed by atoms with van der Waals surface area (Å²) in [7, 11) is 1.57. The zero-order valence-corrected chi connectivity index (χ0v) is 12.1. The van der Waals surface area contributed by atoms with Gasteiger partial charge < -0.3 is 10.1 Å². The molecule has 2 heterocycles. The average Bonchev–Trinajstić information content (AvgIpc) is 2.42. The molecule has 0 aliphatic rings. The maximum atomic E-state index is 6.18. The summed E-state index contributed by atoms with van der Waals surface area (Å²) in [5.41, 5.74) is 1.44. The molecule has 0 fully saturated rings. The van der Waals surface area contributed by atoms with Crippen molar-refractivity contribution in [3.05, 3.63) is 34.4 Å². The van der Waals surface area contributed by atoms with Crippen molar-refractivity contribution in [3.8, 4) is 17.1 Å². The molecule has 2 rings (SSSR count). The van der Waals surface area contributed by atoms with Gasteiger partial charge in [0.1, 0.15) is 5.82 Å². The van der Waals surface area contributed by atoms with Crippen molar-refractivity contribution < 1.29 is 4.74 Å². The van der Waals surface area contributed by atoms with E-state index in [0.717, 1.165) is 12.1 Å². The van der Waals surface area contributed by atoms with Crippen molar-refractivity contribution in [2.75, 3.05) is 19.0 Å². The topological polar surface area (TPSA) is 47.0 Å². The lowest BCUT2D eigenvalue weighted by molar-refractivity contribution is 0.398. The van der Waals surface area contributed by atoms with Crippen molar-refractivity contribution in [1.29, 1.82) is 0 Å².